The standard InChI is InChI=1S/C17H17ClO3/c1-11-7-12(2)9-14(8-11)21-16(17(19)20)10-13-5-3-4-6-15(13)18/h3-9,16H,10H2,1-2H3,(H,19,20). The van der Waals surface area contributed by atoms with Gasteiger partial charge >= 0.3 is 5.97 Å². The summed E-state index contributed by atoms with van der Waals surface area (Å²) in [6.45, 7) is 3.90. The van der Waals surface area contributed by atoms with E-state index in [9.17, 15) is 9.90 Å². The van der Waals surface area contributed by atoms with E-state index in [1.807, 2.05) is 50.2 Å². The highest BCUT2D eigenvalue weighted by Gasteiger charge is 2.21. The van der Waals surface area contributed by atoms with Crippen molar-refractivity contribution in [2.45, 2.75) is 26.4 Å². The second-order valence-electron chi connectivity index (χ2n) is 5.06. The van der Waals surface area contributed by atoms with Crippen LogP contribution in [0.25, 0.3) is 0 Å². The Morgan fingerprint density at radius 1 is 1.19 bits per heavy atom. The van der Waals surface area contributed by atoms with Gasteiger partial charge in [-0.05, 0) is 48.7 Å². The van der Waals surface area contributed by atoms with Crippen molar-refractivity contribution in [3.05, 3.63) is 64.2 Å². The minimum atomic E-state index is -1.01. The maximum Gasteiger partial charge on any atom is 0.345 e. The zero-order chi connectivity index (χ0) is 15.4. The molecule has 21 heavy (non-hydrogen) atoms. The highest BCUT2D eigenvalue weighted by Crippen LogP contribution is 2.21. The first kappa shape index (κ1) is 15.4. The van der Waals surface area contributed by atoms with Crippen molar-refractivity contribution in [3.63, 3.8) is 0 Å². The minimum Gasteiger partial charge on any atom is -0.478 e. The van der Waals surface area contributed by atoms with Crippen LogP contribution in [0.15, 0.2) is 42.5 Å². The van der Waals surface area contributed by atoms with Crippen molar-refractivity contribution in [3.8, 4) is 5.75 Å². The Labute approximate surface area is 129 Å². The molecule has 0 radical (unpaired) electrons. The topological polar surface area (TPSA) is 46.5 Å². The number of carboxylic acids is 1. The number of hydrogen-bond donors (Lipinski definition) is 1. The molecule has 2 aromatic rings. The summed E-state index contributed by atoms with van der Waals surface area (Å²) in [6.07, 6.45) is -0.742. The van der Waals surface area contributed by atoms with Gasteiger partial charge < -0.3 is 9.84 Å². The van der Waals surface area contributed by atoms with Crippen LogP contribution >= 0.6 is 11.6 Å². The SMILES string of the molecule is Cc1cc(C)cc(OC(Cc2ccccc2Cl)C(=O)O)c1. The minimum absolute atomic E-state index is 0.224. The summed E-state index contributed by atoms with van der Waals surface area (Å²) in [5, 5.41) is 9.91. The first-order valence-electron chi connectivity index (χ1n) is 6.67. The van der Waals surface area contributed by atoms with Crippen LogP contribution in [0.4, 0.5) is 0 Å². The molecule has 3 nitrogen and oxygen atoms in total. The summed E-state index contributed by atoms with van der Waals surface area (Å²) in [5.74, 6) is -0.443. The van der Waals surface area contributed by atoms with E-state index >= 15 is 0 Å². The van der Waals surface area contributed by atoms with Crippen LogP contribution in [0, 0.1) is 13.8 Å². The first-order valence-corrected chi connectivity index (χ1v) is 7.04. The maximum atomic E-state index is 11.4. The van der Waals surface area contributed by atoms with Crippen molar-refractivity contribution in [1.29, 1.82) is 0 Å². The van der Waals surface area contributed by atoms with Gasteiger partial charge in [0.15, 0.2) is 6.10 Å². The van der Waals surface area contributed by atoms with E-state index in [-0.39, 0.29) is 6.42 Å². The molecule has 0 saturated carbocycles. The molecule has 0 aliphatic heterocycles. The molecule has 0 amide bonds. The number of ether oxygens (including phenoxy) is 1. The fraction of sp³-hybridized carbons (Fsp3) is 0.235. The Balaban J connectivity index is 2.20. The number of aliphatic carboxylic acids is 1. The summed E-state index contributed by atoms with van der Waals surface area (Å²) in [4.78, 5) is 11.4. The van der Waals surface area contributed by atoms with Crippen LogP contribution in [0.2, 0.25) is 5.02 Å². The van der Waals surface area contributed by atoms with Gasteiger partial charge in [-0.1, -0.05) is 35.9 Å². The molecule has 0 aliphatic rings. The number of carbonyl (C=O) groups is 1. The van der Waals surface area contributed by atoms with Gasteiger partial charge in [-0.2, -0.15) is 0 Å². The zero-order valence-electron chi connectivity index (χ0n) is 12.0. The van der Waals surface area contributed by atoms with Crippen LogP contribution < -0.4 is 4.74 Å². The molecular formula is C17H17ClO3. The van der Waals surface area contributed by atoms with Gasteiger partial charge in [0, 0.05) is 11.4 Å². The Kier molecular flexibility index (Phi) is 4.86. The monoisotopic (exact) mass is 304 g/mol. The van der Waals surface area contributed by atoms with Crippen LogP contribution in [-0.2, 0) is 11.2 Å². The summed E-state index contributed by atoms with van der Waals surface area (Å²) in [7, 11) is 0. The number of halogens is 1. The predicted molar refractivity (Wildman–Crippen MR) is 83.1 cm³/mol. The lowest BCUT2D eigenvalue weighted by Gasteiger charge is -2.16. The molecule has 0 bridgehead atoms. The van der Waals surface area contributed by atoms with Gasteiger partial charge in [0.2, 0.25) is 0 Å². The second kappa shape index (κ2) is 6.64. The largest absolute Gasteiger partial charge is 0.478 e. The van der Waals surface area contributed by atoms with Gasteiger partial charge in [-0.25, -0.2) is 4.79 Å². The number of aryl methyl sites for hydroxylation is 2. The van der Waals surface area contributed by atoms with Crippen LogP contribution in [-0.4, -0.2) is 17.2 Å². The van der Waals surface area contributed by atoms with Crippen molar-refractivity contribution in [1.82, 2.24) is 0 Å². The van der Waals surface area contributed by atoms with E-state index < -0.39 is 12.1 Å². The number of benzene rings is 2. The van der Waals surface area contributed by atoms with Crippen molar-refractivity contribution in [2.24, 2.45) is 0 Å². The molecule has 0 heterocycles. The lowest BCUT2D eigenvalue weighted by Crippen LogP contribution is -2.29. The third-order valence-corrected chi connectivity index (χ3v) is 3.48. The molecule has 0 aliphatic carbocycles. The normalized spacial score (nSPS) is 12.0. The summed E-state index contributed by atoms with van der Waals surface area (Å²) in [6, 6.07) is 12.9. The summed E-state index contributed by atoms with van der Waals surface area (Å²) >= 11 is 6.08. The molecule has 0 spiro atoms. The van der Waals surface area contributed by atoms with Crippen molar-refractivity contribution >= 4 is 17.6 Å². The summed E-state index contributed by atoms with van der Waals surface area (Å²) in [5.41, 5.74) is 2.83. The number of rotatable bonds is 5. The average molecular weight is 305 g/mol. The van der Waals surface area contributed by atoms with E-state index in [1.165, 1.54) is 0 Å². The third-order valence-electron chi connectivity index (χ3n) is 3.11. The molecular weight excluding hydrogens is 288 g/mol. The molecule has 2 rings (SSSR count). The van der Waals surface area contributed by atoms with Crippen molar-refractivity contribution < 1.29 is 14.6 Å². The molecule has 0 aromatic heterocycles. The Morgan fingerprint density at radius 2 is 1.81 bits per heavy atom. The summed E-state index contributed by atoms with van der Waals surface area (Å²) < 4.78 is 5.64. The maximum absolute atomic E-state index is 11.4. The molecule has 110 valence electrons. The third kappa shape index (κ3) is 4.23. The Hall–Kier alpha value is -2.00. The second-order valence-corrected chi connectivity index (χ2v) is 5.47. The molecule has 1 atom stereocenters. The predicted octanol–water partition coefficient (Wildman–Crippen LogP) is 4.03. The van der Waals surface area contributed by atoms with E-state index in [4.69, 9.17) is 16.3 Å². The number of hydrogen-bond acceptors (Lipinski definition) is 2. The molecule has 4 heteroatoms. The highest BCUT2D eigenvalue weighted by atomic mass is 35.5. The first-order chi connectivity index (χ1) is 9.95. The van der Waals surface area contributed by atoms with E-state index in [1.54, 1.807) is 6.07 Å². The van der Waals surface area contributed by atoms with Crippen molar-refractivity contribution in [2.75, 3.05) is 0 Å². The van der Waals surface area contributed by atoms with Gasteiger partial charge in [0.05, 0.1) is 0 Å². The fourth-order valence-corrected chi connectivity index (χ4v) is 2.42. The smallest absolute Gasteiger partial charge is 0.345 e. The fourth-order valence-electron chi connectivity index (χ4n) is 2.21. The average Bonchev–Trinajstić information content (AvgIpc) is 2.39. The molecule has 0 saturated heterocycles. The quantitative estimate of drug-likeness (QED) is 0.907. The van der Waals surface area contributed by atoms with Gasteiger partial charge in [-0.3, -0.25) is 0 Å². The van der Waals surface area contributed by atoms with E-state index in [2.05, 4.69) is 0 Å². The molecule has 0 fully saturated rings. The lowest BCUT2D eigenvalue weighted by atomic mass is 10.1. The Morgan fingerprint density at radius 3 is 2.38 bits per heavy atom. The number of carboxylic acid groups (broad SMARTS) is 1. The van der Waals surface area contributed by atoms with Crippen LogP contribution in [0.5, 0.6) is 5.75 Å². The van der Waals surface area contributed by atoms with E-state index in [0.717, 1.165) is 16.7 Å². The van der Waals surface area contributed by atoms with Gasteiger partial charge in [0.25, 0.3) is 0 Å². The zero-order valence-corrected chi connectivity index (χ0v) is 12.7. The van der Waals surface area contributed by atoms with Gasteiger partial charge in [0.1, 0.15) is 5.75 Å². The Bertz CT molecular complexity index is 632. The lowest BCUT2D eigenvalue weighted by molar-refractivity contribution is -0.145. The van der Waals surface area contributed by atoms with Crippen LogP contribution in [0.1, 0.15) is 16.7 Å². The molecule has 2 aromatic carbocycles. The highest BCUT2D eigenvalue weighted by molar-refractivity contribution is 6.31. The molecule has 1 unspecified atom stereocenters. The van der Waals surface area contributed by atoms with E-state index in [0.29, 0.717) is 10.8 Å². The molecule has 1 N–H and O–H groups in total. The van der Waals surface area contributed by atoms with Crippen LogP contribution in [0.3, 0.4) is 0 Å². The van der Waals surface area contributed by atoms with Gasteiger partial charge in [-0.15, -0.1) is 0 Å².